The first-order valence-electron chi connectivity index (χ1n) is 9.31. The standard InChI is InChI=1S/C20H33N3O/c1-4-12-20(3,21)19(24)22-14-17-8-10-18(11-9-17)15-23-13-6-5-7-16(23)2/h8-11,16H,4-7,12-15,21H2,1-3H3,(H,22,24). The van der Waals surface area contributed by atoms with E-state index >= 15 is 0 Å². The quantitative estimate of drug-likeness (QED) is 0.807. The van der Waals surface area contributed by atoms with Crippen LogP contribution >= 0.6 is 0 Å². The smallest absolute Gasteiger partial charge is 0.240 e. The maximum Gasteiger partial charge on any atom is 0.240 e. The molecule has 4 nitrogen and oxygen atoms in total. The molecule has 0 saturated carbocycles. The van der Waals surface area contributed by atoms with Gasteiger partial charge in [0, 0.05) is 19.1 Å². The zero-order valence-corrected chi connectivity index (χ0v) is 15.5. The summed E-state index contributed by atoms with van der Waals surface area (Å²) in [5.74, 6) is -0.0735. The van der Waals surface area contributed by atoms with Crippen molar-refractivity contribution < 1.29 is 4.79 Å². The average molecular weight is 332 g/mol. The SMILES string of the molecule is CCCC(C)(N)C(=O)NCc1ccc(CN2CCCCC2C)cc1. The number of carbonyl (C=O) groups is 1. The van der Waals surface area contributed by atoms with E-state index in [2.05, 4.69) is 41.4 Å². The highest BCUT2D eigenvalue weighted by atomic mass is 16.2. The van der Waals surface area contributed by atoms with E-state index in [4.69, 9.17) is 5.73 Å². The van der Waals surface area contributed by atoms with Gasteiger partial charge in [0.1, 0.15) is 0 Å². The van der Waals surface area contributed by atoms with Crippen molar-refractivity contribution >= 4 is 5.91 Å². The topological polar surface area (TPSA) is 58.4 Å². The molecule has 0 aliphatic carbocycles. The van der Waals surface area contributed by atoms with Crippen molar-refractivity contribution in [2.75, 3.05) is 6.54 Å². The molecular formula is C20H33N3O. The Morgan fingerprint density at radius 1 is 1.29 bits per heavy atom. The second-order valence-electron chi connectivity index (χ2n) is 7.48. The Hall–Kier alpha value is -1.39. The van der Waals surface area contributed by atoms with E-state index < -0.39 is 5.54 Å². The fourth-order valence-electron chi connectivity index (χ4n) is 3.41. The third-order valence-electron chi connectivity index (χ3n) is 5.09. The minimum Gasteiger partial charge on any atom is -0.350 e. The Morgan fingerprint density at radius 2 is 1.96 bits per heavy atom. The number of benzene rings is 1. The Labute approximate surface area is 146 Å². The summed E-state index contributed by atoms with van der Waals surface area (Å²) in [5.41, 5.74) is 7.74. The molecule has 0 bridgehead atoms. The summed E-state index contributed by atoms with van der Waals surface area (Å²) in [6.45, 7) is 8.92. The second-order valence-corrected chi connectivity index (χ2v) is 7.48. The molecule has 2 atom stereocenters. The third-order valence-corrected chi connectivity index (χ3v) is 5.09. The summed E-state index contributed by atoms with van der Waals surface area (Å²) in [6.07, 6.45) is 5.58. The number of likely N-dealkylation sites (tertiary alicyclic amines) is 1. The van der Waals surface area contributed by atoms with Gasteiger partial charge in [-0.05, 0) is 50.8 Å². The molecule has 24 heavy (non-hydrogen) atoms. The van der Waals surface area contributed by atoms with Gasteiger partial charge >= 0.3 is 0 Å². The van der Waals surface area contributed by atoms with Gasteiger partial charge in [-0.2, -0.15) is 0 Å². The average Bonchev–Trinajstić information content (AvgIpc) is 2.56. The monoisotopic (exact) mass is 331 g/mol. The maximum absolute atomic E-state index is 12.2. The summed E-state index contributed by atoms with van der Waals surface area (Å²) in [6, 6.07) is 9.25. The molecule has 2 rings (SSSR count). The van der Waals surface area contributed by atoms with E-state index in [0.29, 0.717) is 19.0 Å². The van der Waals surface area contributed by atoms with Crippen LogP contribution in [0.15, 0.2) is 24.3 Å². The van der Waals surface area contributed by atoms with Crippen molar-refractivity contribution in [3.8, 4) is 0 Å². The van der Waals surface area contributed by atoms with Gasteiger partial charge in [-0.15, -0.1) is 0 Å². The lowest BCUT2D eigenvalue weighted by Crippen LogP contribution is -2.51. The number of rotatable bonds is 7. The van der Waals surface area contributed by atoms with E-state index in [1.54, 1.807) is 6.92 Å². The molecule has 1 heterocycles. The van der Waals surface area contributed by atoms with Gasteiger partial charge in [0.05, 0.1) is 5.54 Å². The van der Waals surface area contributed by atoms with Gasteiger partial charge < -0.3 is 11.1 Å². The highest BCUT2D eigenvalue weighted by molar-refractivity contribution is 5.85. The van der Waals surface area contributed by atoms with E-state index in [9.17, 15) is 4.79 Å². The molecule has 134 valence electrons. The van der Waals surface area contributed by atoms with Gasteiger partial charge in [0.25, 0.3) is 0 Å². The fourth-order valence-corrected chi connectivity index (χ4v) is 3.41. The molecule has 1 amide bonds. The molecule has 1 fully saturated rings. The molecule has 0 spiro atoms. The van der Waals surface area contributed by atoms with E-state index in [-0.39, 0.29) is 5.91 Å². The first-order chi connectivity index (χ1) is 11.4. The lowest BCUT2D eigenvalue weighted by Gasteiger charge is -2.33. The van der Waals surface area contributed by atoms with Crippen molar-refractivity contribution in [3.63, 3.8) is 0 Å². The number of piperidine rings is 1. The van der Waals surface area contributed by atoms with Crippen molar-refractivity contribution in [2.45, 2.75) is 77.5 Å². The highest BCUT2D eigenvalue weighted by Crippen LogP contribution is 2.19. The van der Waals surface area contributed by atoms with Crippen LogP contribution in [-0.2, 0) is 17.9 Å². The maximum atomic E-state index is 12.2. The van der Waals surface area contributed by atoms with Crippen molar-refractivity contribution in [2.24, 2.45) is 5.73 Å². The Kier molecular flexibility index (Phi) is 6.81. The predicted molar refractivity (Wildman–Crippen MR) is 99.5 cm³/mol. The van der Waals surface area contributed by atoms with Crippen LogP contribution < -0.4 is 11.1 Å². The molecule has 0 aromatic heterocycles. The van der Waals surface area contributed by atoms with Crippen LogP contribution in [-0.4, -0.2) is 28.9 Å². The number of nitrogens with one attached hydrogen (secondary N) is 1. The van der Waals surface area contributed by atoms with E-state index in [1.165, 1.54) is 31.4 Å². The third kappa shape index (κ3) is 5.32. The molecule has 1 aromatic rings. The van der Waals surface area contributed by atoms with E-state index in [0.717, 1.165) is 18.5 Å². The zero-order chi connectivity index (χ0) is 17.6. The lowest BCUT2D eigenvalue weighted by atomic mass is 9.96. The molecular weight excluding hydrogens is 298 g/mol. The molecule has 3 N–H and O–H groups in total. The largest absolute Gasteiger partial charge is 0.350 e. The first-order valence-corrected chi connectivity index (χ1v) is 9.31. The van der Waals surface area contributed by atoms with Gasteiger partial charge in [-0.25, -0.2) is 0 Å². The van der Waals surface area contributed by atoms with Crippen LogP contribution in [0.2, 0.25) is 0 Å². The number of nitrogens with zero attached hydrogens (tertiary/aromatic N) is 1. The lowest BCUT2D eigenvalue weighted by molar-refractivity contribution is -0.126. The Bertz CT molecular complexity index is 524. The highest BCUT2D eigenvalue weighted by Gasteiger charge is 2.26. The van der Waals surface area contributed by atoms with Crippen LogP contribution in [0, 0.1) is 0 Å². The van der Waals surface area contributed by atoms with Gasteiger partial charge in [0.2, 0.25) is 5.91 Å². The van der Waals surface area contributed by atoms with Crippen molar-refractivity contribution in [1.82, 2.24) is 10.2 Å². The number of amides is 1. The molecule has 1 aromatic carbocycles. The Balaban J connectivity index is 1.84. The minimum atomic E-state index is -0.779. The summed E-state index contributed by atoms with van der Waals surface area (Å²) < 4.78 is 0. The predicted octanol–water partition coefficient (Wildman–Crippen LogP) is 3.19. The van der Waals surface area contributed by atoms with Crippen LogP contribution in [0.25, 0.3) is 0 Å². The molecule has 0 radical (unpaired) electrons. The molecule has 1 saturated heterocycles. The summed E-state index contributed by atoms with van der Waals surface area (Å²) in [4.78, 5) is 14.7. The van der Waals surface area contributed by atoms with Crippen molar-refractivity contribution in [3.05, 3.63) is 35.4 Å². The van der Waals surface area contributed by atoms with E-state index in [1.807, 2.05) is 6.92 Å². The van der Waals surface area contributed by atoms with Crippen LogP contribution in [0.5, 0.6) is 0 Å². The van der Waals surface area contributed by atoms with Gasteiger partial charge in [-0.3, -0.25) is 9.69 Å². The Morgan fingerprint density at radius 3 is 2.58 bits per heavy atom. The number of hydrogen-bond donors (Lipinski definition) is 2. The molecule has 2 unspecified atom stereocenters. The minimum absolute atomic E-state index is 0.0735. The first kappa shape index (κ1) is 18.9. The zero-order valence-electron chi connectivity index (χ0n) is 15.5. The van der Waals surface area contributed by atoms with Crippen LogP contribution in [0.3, 0.4) is 0 Å². The summed E-state index contributed by atoms with van der Waals surface area (Å²) in [7, 11) is 0. The van der Waals surface area contributed by atoms with Crippen molar-refractivity contribution in [1.29, 1.82) is 0 Å². The molecule has 4 heteroatoms. The van der Waals surface area contributed by atoms with Gasteiger partial charge in [0.15, 0.2) is 0 Å². The normalized spacial score (nSPS) is 21.2. The second kappa shape index (κ2) is 8.63. The summed E-state index contributed by atoms with van der Waals surface area (Å²) in [5, 5.41) is 2.96. The van der Waals surface area contributed by atoms with Crippen LogP contribution in [0.1, 0.15) is 64.0 Å². The number of carbonyl (C=O) groups excluding carboxylic acids is 1. The number of nitrogens with two attached hydrogens (primary N) is 1. The van der Waals surface area contributed by atoms with Gasteiger partial charge in [-0.1, -0.05) is 44.0 Å². The summed E-state index contributed by atoms with van der Waals surface area (Å²) >= 11 is 0. The van der Waals surface area contributed by atoms with Crippen LogP contribution in [0.4, 0.5) is 0 Å². The molecule has 1 aliphatic rings. The fraction of sp³-hybridized carbons (Fsp3) is 0.650. The molecule has 1 aliphatic heterocycles. The number of hydrogen-bond acceptors (Lipinski definition) is 3.